The Morgan fingerprint density at radius 1 is 1.04 bits per heavy atom. The predicted octanol–water partition coefficient (Wildman–Crippen LogP) is 3.99. The van der Waals surface area contributed by atoms with Crippen LogP contribution in [0.1, 0.15) is 24.3 Å². The summed E-state index contributed by atoms with van der Waals surface area (Å²) in [6.07, 6.45) is 1.63. The molecule has 0 aliphatic rings. The molecule has 2 N–H and O–H groups in total. The fourth-order valence-electron chi connectivity index (χ4n) is 2.72. The quantitative estimate of drug-likeness (QED) is 0.676. The van der Waals surface area contributed by atoms with Crippen LogP contribution in [0.15, 0.2) is 77.4 Å². The van der Waals surface area contributed by atoms with Gasteiger partial charge >= 0.3 is 0 Å². The minimum atomic E-state index is -0.434. The number of ether oxygens (including phenoxy) is 1. The summed E-state index contributed by atoms with van der Waals surface area (Å²) in [5.74, 6) is 1.32. The van der Waals surface area contributed by atoms with Crippen LogP contribution in [-0.2, 0) is 4.79 Å². The third kappa shape index (κ3) is 4.32. The van der Waals surface area contributed by atoms with E-state index in [4.69, 9.17) is 9.15 Å². The van der Waals surface area contributed by atoms with Crippen LogP contribution >= 0.6 is 0 Å². The average molecular weight is 350 g/mol. The Balaban J connectivity index is 1.73. The molecule has 5 heteroatoms. The van der Waals surface area contributed by atoms with Gasteiger partial charge in [-0.2, -0.15) is 0 Å². The summed E-state index contributed by atoms with van der Waals surface area (Å²) in [5, 5.41) is 6.25. The lowest BCUT2D eigenvalue weighted by Gasteiger charge is -2.22. The van der Waals surface area contributed by atoms with Gasteiger partial charge in [-0.3, -0.25) is 10.1 Å². The number of amides is 1. The Bertz CT molecular complexity index is 831. The van der Waals surface area contributed by atoms with Crippen LogP contribution in [-0.4, -0.2) is 19.1 Å². The number of methoxy groups -OCH3 is 1. The number of benzene rings is 2. The molecule has 0 spiro atoms. The second kappa shape index (κ2) is 8.36. The van der Waals surface area contributed by atoms with Crippen molar-refractivity contribution in [2.45, 2.75) is 19.0 Å². The molecule has 1 heterocycles. The first-order chi connectivity index (χ1) is 12.7. The number of carbonyl (C=O) groups excluding carboxylic acids is 1. The van der Waals surface area contributed by atoms with E-state index in [-0.39, 0.29) is 11.9 Å². The lowest BCUT2D eigenvalue weighted by Crippen LogP contribution is -2.40. The zero-order valence-electron chi connectivity index (χ0n) is 14.8. The van der Waals surface area contributed by atoms with Crippen LogP contribution in [0.4, 0.5) is 5.69 Å². The molecular formula is C21H22N2O3. The number of hydrogen-bond acceptors (Lipinski definition) is 4. The number of rotatable bonds is 7. The van der Waals surface area contributed by atoms with Crippen LogP contribution in [0.25, 0.3) is 0 Å². The Hall–Kier alpha value is -3.05. The summed E-state index contributed by atoms with van der Waals surface area (Å²) >= 11 is 0. The van der Waals surface area contributed by atoms with Gasteiger partial charge in [0.2, 0.25) is 5.91 Å². The van der Waals surface area contributed by atoms with E-state index >= 15 is 0 Å². The zero-order chi connectivity index (χ0) is 18.4. The summed E-state index contributed by atoms with van der Waals surface area (Å²) in [5.41, 5.74) is 1.72. The Morgan fingerprint density at radius 2 is 1.85 bits per heavy atom. The molecule has 0 fully saturated rings. The second-order valence-electron chi connectivity index (χ2n) is 5.97. The highest BCUT2D eigenvalue weighted by atomic mass is 16.5. The van der Waals surface area contributed by atoms with Crippen molar-refractivity contribution in [3.63, 3.8) is 0 Å². The second-order valence-corrected chi connectivity index (χ2v) is 5.97. The van der Waals surface area contributed by atoms with E-state index < -0.39 is 6.04 Å². The third-order valence-electron chi connectivity index (χ3n) is 4.11. The van der Waals surface area contributed by atoms with E-state index in [2.05, 4.69) is 10.6 Å². The SMILES string of the molecule is COc1cccc(NC(=O)[C@@H](C)N[C@H](c2ccccc2)c2ccco2)c1. The first-order valence-electron chi connectivity index (χ1n) is 8.46. The van der Waals surface area contributed by atoms with Gasteiger partial charge in [-0.15, -0.1) is 0 Å². The molecule has 0 unspecified atom stereocenters. The summed E-state index contributed by atoms with van der Waals surface area (Å²) in [4.78, 5) is 12.6. The maximum atomic E-state index is 12.6. The van der Waals surface area contributed by atoms with Gasteiger partial charge in [0.15, 0.2) is 0 Å². The topological polar surface area (TPSA) is 63.5 Å². The van der Waals surface area contributed by atoms with E-state index in [1.54, 1.807) is 19.4 Å². The highest BCUT2D eigenvalue weighted by Gasteiger charge is 2.22. The van der Waals surface area contributed by atoms with Crippen LogP contribution in [0.2, 0.25) is 0 Å². The number of hydrogen-bond donors (Lipinski definition) is 2. The monoisotopic (exact) mass is 350 g/mol. The van der Waals surface area contributed by atoms with Crippen molar-refractivity contribution in [2.24, 2.45) is 0 Å². The maximum absolute atomic E-state index is 12.6. The summed E-state index contributed by atoms with van der Waals surface area (Å²) in [6.45, 7) is 1.83. The van der Waals surface area contributed by atoms with Gasteiger partial charge in [0.1, 0.15) is 11.5 Å². The molecule has 2 aromatic carbocycles. The predicted molar refractivity (Wildman–Crippen MR) is 101 cm³/mol. The normalized spacial score (nSPS) is 13.0. The summed E-state index contributed by atoms with van der Waals surface area (Å²) in [6, 6.07) is 20.3. The molecule has 0 aliphatic carbocycles. The van der Waals surface area contributed by atoms with Crippen LogP contribution < -0.4 is 15.4 Å². The molecule has 26 heavy (non-hydrogen) atoms. The highest BCUT2D eigenvalue weighted by Crippen LogP contribution is 2.23. The summed E-state index contributed by atoms with van der Waals surface area (Å²) in [7, 11) is 1.60. The molecule has 1 aromatic heterocycles. The minimum Gasteiger partial charge on any atom is -0.497 e. The lowest BCUT2D eigenvalue weighted by atomic mass is 10.0. The molecule has 0 radical (unpaired) electrons. The third-order valence-corrected chi connectivity index (χ3v) is 4.11. The molecule has 134 valence electrons. The fourth-order valence-corrected chi connectivity index (χ4v) is 2.72. The molecule has 3 rings (SSSR count). The van der Waals surface area contributed by atoms with Gasteiger partial charge in [-0.25, -0.2) is 0 Å². The number of furan rings is 1. The first kappa shape index (κ1) is 17.8. The summed E-state index contributed by atoms with van der Waals surface area (Å²) < 4.78 is 10.8. The van der Waals surface area contributed by atoms with E-state index in [1.807, 2.05) is 67.6 Å². The standard InChI is InChI=1S/C21H22N2O3/c1-15(21(24)23-17-10-6-11-18(14-17)25-2)22-20(19-12-7-13-26-19)16-8-4-3-5-9-16/h3-15,20,22H,1-2H3,(H,23,24)/t15-,20-/m1/s1. The first-order valence-corrected chi connectivity index (χ1v) is 8.46. The Labute approximate surface area is 153 Å². The van der Waals surface area contributed by atoms with Gasteiger partial charge in [0.25, 0.3) is 0 Å². The van der Waals surface area contributed by atoms with E-state index in [0.717, 1.165) is 11.3 Å². The molecular weight excluding hydrogens is 328 g/mol. The number of carbonyl (C=O) groups is 1. The molecule has 1 amide bonds. The van der Waals surface area contributed by atoms with Gasteiger partial charge in [0, 0.05) is 11.8 Å². The number of anilines is 1. The molecule has 0 aliphatic heterocycles. The smallest absolute Gasteiger partial charge is 0.241 e. The van der Waals surface area contributed by atoms with E-state index in [9.17, 15) is 4.79 Å². The van der Waals surface area contributed by atoms with Gasteiger partial charge < -0.3 is 14.5 Å². The average Bonchev–Trinajstić information content (AvgIpc) is 3.21. The van der Waals surface area contributed by atoms with Gasteiger partial charge in [-0.05, 0) is 36.8 Å². The van der Waals surface area contributed by atoms with Crippen molar-refractivity contribution < 1.29 is 13.9 Å². The van der Waals surface area contributed by atoms with Crippen molar-refractivity contribution >= 4 is 11.6 Å². The van der Waals surface area contributed by atoms with Crippen molar-refractivity contribution in [3.05, 3.63) is 84.3 Å². The molecule has 0 saturated carbocycles. The number of nitrogens with one attached hydrogen (secondary N) is 2. The minimum absolute atomic E-state index is 0.134. The largest absolute Gasteiger partial charge is 0.497 e. The van der Waals surface area contributed by atoms with Crippen LogP contribution in [0.3, 0.4) is 0 Å². The van der Waals surface area contributed by atoms with Crippen molar-refractivity contribution in [3.8, 4) is 5.75 Å². The lowest BCUT2D eigenvalue weighted by molar-refractivity contribution is -0.117. The van der Waals surface area contributed by atoms with Crippen LogP contribution in [0.5, 0.6) is 5.75 Å². The van der Waals surface area contributed by atoms with E-state index in [0.29, 0.717) is 11.4 Å². The molecule has 0 saturated heterocycles. The van der Waals surface area contributed by atoms with Crippen molar-refractivity contribution in [1.29, 1.82) is 0 Å². The molecule has 3 aromatic rings. The molecule has 5 nitrogen and oxygen atoms in total. The Kier molecular flexibility index (Phi) is 5.71. The van der Waals surface area contributed by atoms with Gasteiger partial charge in [0.05, 0.1) is 25.5 Å². The van der Waals surface area contributed by atoms with Crippen LogP contribution in [0, 0.1) is 0 Å². The van der Waals surface area contributed by atoms with Crippen molar-refractivity contribution in [2.75, 3.05) is 12.4 Å². The molecule has 0 bridgehead atoms. The van der Waals surface area contributed by atoms with E-state index in [1.165, 1.54) is 0 Å². The zero-order valence-corrected chi connectivity index (χ0v) is 14.8. The molecule has 2 atom stereocenters. The fraction of sp³-hybridized carbons (Fsp3) is 0.190. The highest BCUT2D eigenvalue weighted by molar-refractivity contribution is 5.94. The van der Waals surface area contributed by atoms with Crippen molar-refractivity contribution in [1.82, 2.24) is 5.32 Å². The van der Waals surface area contributed by atoms with Gasteiger partial charge in [-0.1, -0.05) is 36.4 Å². The maximum Gasteiger partial charge on any atom is 0.241 e. The Morgan fingerprint density at radius 3 is 2.54 bits per heavy atom.